The van der Waals surface area contributed by atoms with Crippen LogP contribution in [0.15, 0.2) is 30.6 Å². The molecule has 4 N–H and O–H groups in total. The molecule has 0 unspecified atom stereocenters. The monoisotopic (exact) mass is 566 g/mol. The smallest absolute Gasteiger partial charge is 0.382 e. The van der Waals surface area contributed by atoms with E-state index in [1.807, 2.05) is 0 Å². The molecule has 0 saturated carbocycles. The molecule has 1 saturated heterocycles. The van der Waals surface area contributed by atoms with Gasteiger partial charge in [-0.1, -0.05) is 6.07 Å². The van der Waals surface area contributed by atoms with Crippen molar-refractivity contribution in [3.63, 3.8) is 0 Å². The van der Waals surface area contributed by atoms with Gasteiger partial charge in [0.1, 0.15) is 23.8 Å². The number of halogens is 8. The number of aromatic nitrogens is 3. The summed E-state index contributed by atoms with van der Waals surface area (Å²) < 4.78 is 110. The molecule has 2 amide bonds. The summed E-state index contributed by atoms with van der Waals surface area (Å²) in [6.07, 6.45) is -11.5. The van der Waals surface area contributed by atoms with Gasteiger partial charge in [-0.2, -0.15) is 31.4 Å². The molecule has 39 heavy (non-hydrogen) atoms. The van der Waals surface area contributed by atoms with Gasteiger partial charge in [0.25, 0.3) is 11.8 Å². The van der Waals surface area contributed by atoms with Gasteiger partial charge in [0.2, 0.25) is 5.60 Å². The number of likely N-dealkylation sites (tertiary alicyclic amines) is 1. The summed E-state index contributed by atoms with van der Waals surface area (Å²) >= 11 is 0. The van der Waals surface area contributed by atoms with Crippen molar-refractivity contribution in [3.8, 4) is 11.3 Å². The molecule has 9 nitrogen and oxygen atoms in total. The Morgan fingerprint density at radius 1 is 1.15 bits per heavy atom. The molecule has 1 aromatic carbocycles. The molecule has 1 aliphatic rings. The lowest BCUT2D eigenvalue weighted by atomic mass is 10.0. The third-order valence-corrected chi connectivity index (χ3v) is 6.23. The first-order chi connectivity index (χ1) is 17.9. The standard InChI is InChI=1S/C22H18F8N6O3/c1-20(39,22(28,29)30)19(38)35-6-12(23)13(7-35)34-18(37)10-4-2-3-9(15(10)24)14-5-11(21(25,26)27)16-17(31)32-8-33-36(14)16/h2-5,8,12-13,39H,6-7H2,1H3,(H,34,37)(H2,31,32,33)/t12-,13+,20+/m0/s1. The second-order valence-electron chi connectivity index (χ2n) is 8.89. The molecule has 3 aromatic rings. The van der Waals surface area contributed by atoms with Gasteiger partial charge in [-0.3, -0.25) is 9.59 Å². The van der Waals surface area contributed by atoms with Gasteiger partial charge < -0.3 is 21.1 Å². The molecular weight excluding hydrogens is 548 g/mol. The van der Waals surface area contributed by atoms with Gasteiger partial charge in [0.15, 0.2) is 5.82 Å². The summed E-state index contributed by atoms with van der Waals surface area (Å²) in [6.45, 7) is -1.47. The Labute approximate surface area is 213 Å². The zero-order chi connectivity index (χ0) is 29.1. The van der Waals surface area contributed by atoms with E-state index in [4.69, 9.17) is 5.73 Å². The molecule has 1 fully saturated rings. The maximum absolute atomic E-state index is 15.5. The maximum Gasteiger partial charge on any atom is 0.426 e. The average Bonchev–Trinajstić information content (AvgIpc) is 3.39. The van der Waals surface area contributed by atoms with Crippen LogP contribution in [0.5, 0.6) is 0 Å². The fourth-order valence-corrected chi connectivity index (χ4v) is 4.12. The number of fused-ring (bicyclic) bond motifs is 1. The first-order valence-electron chi connectivity index (χ1n) is 11.0. The summed E-state index contributed by atoms with van der Waals surface area (Å²) in [6, 6.07) is 2.11. The molecule has 3 atom stereocenters. The van der Waals surface area contributed by atoms with Crippen molar-refractivity contribution in [2.24, 2.45) is 0 Å². The number of nitrogens with one attached hydrogen (secondary N) is 1. The highest BCUT2D eigenvalue weighted by Gasteiger charge is 2.58. The second kappa shape index (κ2) is 9.32. The van der Waals surface area contributed by atoms with E-state index in [9.17, 15) is 45.4 Å². The number of carbonyl (C=O) groups excluding carboxylic acids is 2. The number of nitrogens with two attached hydrogens (primary N) is 1. The third-order valence-electron chi connectivity index (χ3n) is 6.23. The lowest BCUT2D eigenvalue weighted by Gasteiger charge is -2.29. The van der Waals surface area contributed by atoms with Crippen LogP contribution in [0.4, 0.5) is 40.9 Å². The first-order valence-corrected chi connectivity index (χ1v) is 11.0. The van der Waals surface area contributed by atoms with Crippen LogP contribution in [-0.2, 0) is 11.0 Å². The quantitative estimate of drug-likeness (QED) is 0.417. The number of hydrogen-bond donors (Lipinski definition) is 3. The fourth-order valence-electron chi connectivity index (χ4n) is 4.12. The van der Waals surface area contributed by atoms with Crippen molar-refractivity contribution in [1.82, 2.24) is 24.8 Å². The first kappa shape index (κ1) is 28.0. The van der Waals surface area contributed by atoms with E-state index in [1.54, 1.807) is 0 Å². The van der Waals surface area contributed by atoms with Gasteiger partial charge in [-0.05, 0) is 25.1 Å². The summed E-state index contributed by atoms with van der Waals surface area (Å²) in [7, 11) is 0. The number of carbonyl (C=O) groups is 2. The van der Waals surface area contributed by atoms with Crippen LogP contribution in [-0.4, -0.2) is 73.5 Å². The van der Waals surface area contributed by atoms with E-state index in [0.717, 1.165) is 24.5 Å². The molecule has 0 radical (unpaired) electrons. The number of nitrogen functional groups attached to an aromatic ring is 1. The van der Waals surface area contributed by atoms with Crippen molar-refractivity contribution >= 4 is 23.1 Å². The van der Waals surface area contributed by atoms with E-state index in [0.29, 0.717) is 15.5 Å². The average molecular weight is 566 g/mol. The van der Waals surface area contributed by atoms with Crippen molar-refractivity contribution < 1.29 is 49.8 Å². The third kappa shape index (κ3) is 4.81. The number of nitrogens with zero attached hydrogens (tertiary/aromatic N) is 4. The number of aliphatic hydroxyl groups is 1. The summed E-state index contributed by atoms with van der Waals surface area (Å²) in [5.74, 6) is -4.97. The SMILES string of the molecule is C[C@@](O)(C(=O)N1C[C@H](F)[C@H](NC(=O)c2cccc(-c3cc(C(F)(F)F)c4c(N)ncnn34)c2F)C1)C(F)(F)F. The van der Waals surface area contributed by atoms with Gasteiger partial charge in [-0.15, -0.1) is 0 Å². The number of benzene rings is 1. The predicted molar refractivity (Wildman–Crippen MR) is 117 cm³/mol. The predicted octanol–water partition coefficient (Wildman–Crippen LogP) is 2.73. The van der Waals surface area contributed by atoms with Crippen LogP contribution in [0, 0.1) is 5.82 Å². The number of anilines is 1. The molecule has 0 aliphatic carbocycles. The number of rotatable bonds is 4. The van der Waals surface area contributed by atoms with E-state index in [1.165, 1.54) is 0 Å². The highest BCUT2D eigenvalue weighted by molar-refractivity contribution is 5.96. The lowest BCUT2D eigenvalue weighted by Crippen LogP contribution is -2.56. The molecular formula is C22H18F8N6O3. The van der Waals surface area contributed by atoms with Crippen LogP contribution in [0.3, 0.4) is 0 Å². The summed E-state index contributed by atoms with van der Waals surface area (Å²) in [5, 5.41) is 15.3. The van der Waals surface area contributed by atoms with Crippen LogP contribution in [0.2, 0.25) is 0 Å². The van der Waals surface area contributed by atoms with Crippen LogP contribution in [0.1, 0.15) is 22.8 Å². The fraction of sp³-hybridized carbons (Fsp3) is 0.364. The molecule has 2 aromatic heterocycles. The zero-order valence-corrected chi connectivity index (χ0v) is 19.6. The molecule has 0 spiro atoms. The zero-order valence-electron chi connectivity index (χ0n) is 19.6. The minimum Gasteiger partial charge on any atom is -0.382 e. The van der Waals surface area contributed by atoms with Crippen molar-refractivity contribution in [2.45, 2.75) is 37.1 Å². The largest absolute Gasteiger partial charge is 0.426 e. The van der Waals surface area contributed by atoms with E-state index < -0.39 is 94.6 Å². The molecule has 17 heteroatoms. The molecule has 3 heterocycles. The van der Waals surface area contributed by atoms with Crippen molar-refractivity contribution in [1.29, 1.82) is 0 Å². The van der Waals surface area contributed by atoms with Gasteiger partial charge >= 0.3 is 12.4 Å². The minimum absolute atomic E-state index is 0.198. The van der Waals surface area contributed by atoms with E-state index >= 15 is 4.39 Å². The normalized spacial score (nSPS) is 19.8. The molecule has 210 valence electrons. The molecule has 0 bridgehead atoms. The Balaban J connectivity index is 1.63. The van der Waals surface area contributed by atoms with Crippen molar-refractivity contribution in [2.75, 3.05) is 18.8 Å². The van der Waals surface area contributed by atoms with Crippen molar-refractivity contribution in [3.05, 3.63) is 47.5 Å². The van der Waals surface area contributed by atoms with Crippen LogP contribution in [0.25, 0.3) is 16.8 Å². The van der Waals surface area contributed by atoms with Crippen LogP contribution >= 0.6 is 0 Å². The Morgan fingerprint density at radius 2 is 1.82 bits per heavy atom. The molecule has 1 aliphatic heterocycles. The van der Waals surface area contributed by atoms with Gasteiger partial charge in [0.05, 0.1) is 29.4 Å². The Bertz CT molecular complexity index is 1450. The number of alkyl halides is 7. The Hall–Kier alpha value is -4.02. The van der Waals surface area contributed by atoms with E-state index in [-0.39, 0.29) is 6.92 Å². The minimum atomic E-state index is -5.36. The number of amides is 2. The lowest BCUT2D eigenvalue weighted by molar-refractivity contribution is -0.249. The second-order valence-corrected chi connectivity index (χ2v) is 8.89. The molecule has 4 rings (SSSR count). The highest BCUT2D eigenvalue weighted by Crippen LogP contribution is 2.39. The summed E-state index contributed by atoms with van der Waals surface area (Å²) in [4.78, 5) is 28.8. The number of hydrogen-bond acceptors (Lipinski definition) is 6. The summed E-state index contributed by atoms with van der Waals surface area (Å²) in [5.41, 5.74) is -1.84. The maximum atomic E-state index is 15.5. The van der Waals surface area contributed by atoms with Gasteiger partial charge in [0, 0.05) is 12.1 Å². The van der Waals surface area contributed by atoms with E-state index in [2.05, 4.69) is 15.4 Å². The Morgan fingerprint density at radius 3 is 2.44 bits per heavy atom. The Kier molecular flexibility index (Phi) is 6.69. The van der Waals surface area contributed by atoms with Crippen LogP contribution < -0.4 is 11.1 Å². The highest BCUT2D eigenvalue weighted by atomic mass is 19.4. The van der Waals surface area contributed by atoms with Gasteiger partial charge in [-0.25, -0.2) is 18.3 Å². The topological polar surface area (TPSA) is 126 Å².